The van der Waals surface area contributed by atoms with Crippen molar-refractivity contribution in [2.75, 3.05) is 13.1 Å². The van der Waals surface area contributed by atoms with Gasteiger partial charge >= 0.3 is 0 Å². The lowest BCUT2D eigenvalue weighted by molar-refractivity contribution is 0.296. The molecule has 0 aliphatic carbocycles. The molecule has 0 unspecified atom stereocenters. The Kier molecular flexibility index (Phi) is 13.0. The molecule has 0 aliphatic rings. The third-order valence-electron chi connectivity index (χ3n) is 4.59. The van der Waals surface area contributed by atoms with Gasteiger partial charge in [0.25, 0.3) is 0 Å². The summed E-state index contributed by atoms with van der Waals surface area (Å²) in [6.07, 6.45) is 5.49. The zero-order valence-corrected chi connectivity index (χ0v) is 18.5. The maximum atomic E-state index is 3.66. The molecule has 0 radical (unpaired) electrons. The summed E-state index contributed by atoms with van der Waals surface area (Å²) < 4.78 is 0. The van der Waals surface area contributed by atoms with Crippen LogP contribution in [0.3, 0.4) is 0 Å². The van der Waals surface area contributed by atoms with Crippen LogP contribution in [0.25, 0.3) is 18.2 Å². The summed E-state index contributed by atoms with van der Waals surface area (Å²) in [5, 5.41) is 0. The second-order valence-electron chi connectivity index (χ2n) is 6.64. The Labute approximate surface area is 183 Å². The average Bonchev–Trinajstić information content (AvgIpc) is 2.84. The first-order valence-corrected chi connectivity index (χ1v) is 10.4. The summed E-state index contributed by atoms with van der Waals surface area (Å²) in [7, 11) is 0. The zero-order valence-electron chi connectivity index (χ0n) is 18.5. The van der Waals surface area contributed by atoms with Crippen molar-refractivity contribution in [1.29, 1.82) is 0 Å². The molecule has 0 atom stereocenters. The Hall–Kier alpha value is -3.16. The van der Waals surface area contributed by atoms with Crippen LogP contribution in [0.2, 0.25) is 0 Å². The first-order valence-electron chi connectivity index (χ1n) is 10.4. The summed E-state index contributed by atoms with van der Waals surface area (Å²) in [6.45, 7) is 18.7. The van der Waals surface area contributed by atoms with Crippen molar-refractivity contribution >= 4 is 18.2 Å². The van der Waals surface area contributed by atoms with Crippen LogP contribution in [-0.2, 0) is 6.54 Å². The number of rotatable bonds is 7. The molecule has 0 spiro atoms. The molecule has 3 rings (SSSR count). The van der Waals surface area contributed by atoms with Gasteiger partial charge in [0.15, 0.2) is 0 Å². The van der Waals surface area contributed by atoms with E-state index in [4.69, 9.17) is 0 Å². The van der Waals surface area contributed by atoms with Gasteiger partial charge in [0.05, 0.1) is 0 Å². The lowest BCUT2D eigenvalue weighted by Gasteiger charge is -2.17. The molecule has 0 saturated carbocycles. The van der Waals surface area contributed by atoms with Crippen LogP contribution in [0.5, 0.6) is 0 Å². The predicted octanol–water partition coefficient (Wildman–Crippen LogP) is 7.83. The van der Waals surface area contributed by atoms with E-state index >= 15 is 0 Å². The second kappa shape index (κ2) is 15.7. The van der Waals surface area contributed by atoms with Crippen molar-refractivity contribution in [2.45, 2.75) is 20.4 Å². The second-order valence-corrected chi connectivity index (χ2v) is 6.64. The van der Waals surface area contributed by atoms with E-state index in [1.165, 1.54) is 11.1 Å². The molecule has 0 bridgehead atoms. The van der Waals surface area contributed by atoms with Gasteiger partial charge in [0, 0.05) is 6.54 Å². The van der Waals surface area contributed by atoms with Crippen molar-refractivity contribution in [3.63, 3.8) is 0 Å². The molecule has 156 valence electrons. The van der Waals surface area contributed by atoms with E-state index in [0.717, 1.165) is 30.8 Å². The standard InChI is InChI=1S/C11H17N.C10H10.C8H8/c1-3-12(4-2)10-11-8-6-5-7-9-11;1-3-9-5-7-10(4-2)8-6-9;1-2-8-6-4-3-5-7-8/h5-9H,3-4,10H2,1-2H3;3-8H,1-2H2;2-7H,1H2. The highest BCUT2D eigenvalue weighted by Crippen LogP contribution is 2.05. The van der Waals surface area contributed by atoms with Gasteiger partial charge in [-0.15, -0.1) is 0 Å². The highest BCUT2D eigenvalue weighted by molar-refractivity contribution is 5.53. The van der Waals surface area contributed by atoms with Crippen LogP contribution in [-0.4, -0.2) is 18.0 Å². The molecular weight excluding hydrogens is 362 g/mol. The highest BCUT2D eigenvalue weighted by Gasteiger charge is 1.98. The Balaban J connectivity index is 0.000000230. The van der Waals surface area contributed by atoms with Gasteiger partial charge in [-0.2, -0.15) is 0 Å². The Morgan fingerprint density at radius 2 is 0.933 bits per heavy atom. The van der Waals surface area contributed by atoms with Crippen molar-refractivity contribution in [3.05, 3.63) is 127 Å². The van der Waals surface area contributed by atoms with Crippen LogP contribution in [0.4, 0.5) is 0 Å². The molecule has 3 aromatic carbocycles. The summed E-state index contributed by atoms with van der Waals surface area (Å²) in [4.78, 5) is 2.41. The molecule has 30 heavy (non-hydrogen) atoms. The molecule has 0 saturated heterocycles. The third-order valence-corrected chi connectivity index (χ3v) is 4.59. The van der Waals surface area contributed by atoms with Crippen molar-refractivity contribution in [1.82, 2.24) is 4.90 Å². The highest BCUT2D eigenvalue weighted by atomic mass is 15.1. The van der Waals surface area contributed by atoms with Gasteiger partial charge in [0.1, 0.15) is 0 Å². The van der Waals surface area contributed by atoms with E-state index < -0.39 is 0 Å². The first-order chi connectivity index (χ1) is 14.7. The SMILES string of the molecule is C=Cc1ccc(C=C)cc1.C=Cc1ccccc1.CCN(CC)Cc1ccccc1. The summed E-state index contributed by atoms with van der Waals surface area (Å²) in [5.41, 5.74) is 4.87. The Morgan fingerprint density at radius 3 is 1.27 bits per heavy atom. The minimum Gasteiger partial charge on any atom is -0.300 e. The van der Waals surface area contributed by atoms with Gasteiger partial charge in [-0.25, -0.2) is 0 Å². The molecule has 1 heteroatoms. The van der Waals surface area contributed by atoms with Gasteiger partial charge in [-0.1, -0.05) is 137 Å². The molecule has 0 heterocycles. The smallest absolute Gasteiger partial charge is 0.0233 e. The van der Waals surface area contributed by atoms with Crippen LogP contribution < -0.4 is 0 Å². The number of nitrogens with zero attached hydrogens (tertiary/aromatic N) is 1. The van der Waals surface area contributed by atoms with Crippen LogP contribution in [0.1, 0.15) is 36.1 Å². The van der Waals surface area contributed by atoms with Gasteiger partial charge in [-0.05, 0) is 35.3 Å². The quantitative estimate of drug-likeness (QED) is 0.392. The third kappa shape index (κ3) is 10.4. The number of hydrogen-bond donors (Lipinski definition) is 0. The van der Waals surface area contributed by atoms with Gasteiger partial charge in [0.2, 0.25) is 0 Å². The van der Waals surface area contributed by atoms with Gasteiger partial charge in [-0.3, -0.25) is 4.90 Å². The normalized spacial score (nSPS) is 9.43. The zero-order chi connectivity index (χ0) is 22.0. The summed E-state index contributed by atoms with van der Waals surface area (Å²) in [5.74, 6) is 0. The lowest BCUT2D eigenvalue weighted by atomic mass is 10.1. The molecule has 0 aromatic heterocycles. The van der Waals surface area contributed by atoms with E-state index in [1.54, 1.807) is 0 Å². The van der Waals surface area contributed by atoms with Crippen LogP contribution in [0, 0.1) is 0 Å². The van der Waals surface area contributed by atoms with Gasteiger partial charge < -0.3 is 0 Å². The minimum atomic E-state index is 1.08. The topological polar surface area (TPSA) is 3.24 Å². The van der Waals surface area contributed by atoms with E-state index in [9.17, 15) is 0 Å². The Morgan fingerprint density at radius 1 is 0.567 bits per heavy atom. The Bertz CT molecular complexity index is 802. The van der Waals surface area contributed by atoms with Crippen LogP contribution >= 0.6 is 0 Å². The minimum absolute atomic E-state index is 1.08. The van der Waals surface area contributed by atoms with E-state index in [-0.39, 0.29) is 0 Å². The summed E-state index contributed by atoms with van der Waals surface area (Å²) in [6, 6.07) is 28.7. The maximum Gasteiger partial charge on any atom is 0.0233 e. The van der Waals surface area contributed by atoms with Crippen molar-refractivity contribution in [3.8, 4) is 0 Å². The summed E-state index contributed by atoms with van der Waals surface area (Å²) >= 11 is 0. The molecular formula is C29H35N. The maximum absolute atomic E-state index is 3.66. The number of hydrogen-bond acceptors (Lipinski definition) is 1. The lowest BCUT2D eigenvalue weighted by Crippen LogP contribution is -2.21. The van der Waals surface area contributed by atoms with E-state index in [1.807, 2.05) is 72.8 Å². The monoisotopic (exact) mass is 397 g/mol. The molecule has 1 nitrogen and oxygen atoms in total. The van der Waals surface area contributed by atoms with Crippen molar-refractivity contribution in [2.24, 2.45) is 0 Å². The largest absolute Gasteiger partial charge is 0.300 e. The molecule has 0 amide bonds. The average molecular weight is 398 g/mol. The first kappa shape index (κ1) is 24.9. The molecule has 3 aromatic rings. The van der Waals surface area contributed by atoms with E-state index in [0.29, 0.717) is 0 Å². The number of benzene rings is 3. The molecule has 0 N–H and O–H groups in total. The molecule has 0 fully saturated rings. The van der Waals surface area contributed by atoms with E-state index in [2.05, 4.69) is 68.8 Å². The molecule has 0 aliphatic heterocycles. The predicted molar refractivity (Wildman–Crippen MR) is 136 cm³/mol. The fourth-order valence-electron chi connectivity index (χ4n) is 2.65. The fourth-order valence-corrected chi connectivity index (χ4v) is 2.65. The van der Waals surface area contributed by atoms with Crippen LogP contribution in [0.15, 0.2) is 105 Å². The fraction of sp³-hybridized carbons (Fsp3) is 0.172. The van der Waals surface area contributed by atoms with Crippen molar-refractivity contribution < 1.29 is 0 Å².